The monoisotopic (exact) mass is 225 g/mol. The molecule has 0 aromatic carbocycles. The molecule has 1 aliphatic heterocycles. The van der Waals surface area contributed by atoms with Gasteiger partial charge in [-0.1, -0.05) is 6.08 Å². The third-order valence-corrected chi connectivity index (χ3v) is 2.20. The van der Waals surface area contributed by atoms with Crippen molar-refractivity contribution in [3.05, 3.63) is 34.9 Å². The SMILES string of the molecule is O=c1nc(NO)ccn1[C@H]1C=C[C@@H](CO)O1. The molecule has 1 aliphatic rings. The summed E-state index contributed by atoms with van der Waals surface area (Å²) in [5, 5.41) is 17.4. The van der Waals surface area contributed by atoms with Gasteiger partial charge >= 0.3 is 5.69 Å². The number of aliphatic hydroxyl groups excluding tert-OH is 1. The highest BCUT2D eigenvalue weighted by atomic mass is 16.5. The zero-order chi connectivity index (χ0) is 11.5. The molecule has 1 aromatic heterocycles. The van der Waals surface area contributed by atoms with Gasteiger partial charge in [-0.15, -0.1) is 0 Å². The highest BCUT2D eigenvalue weighted by Crippen LogP contribution is 2.19. The van der Waals surface area contributed by atoms with E-state index < -0.39 is 18.0 Å². The standard InChI is InChI=1S/C9H11N3O4/c13-5-6-1-2-8(16-6)12-4-3-7(11-15)10-9(12)14/h1-4,6,8,13,15H,5H2,(H,10,11,14)/t6-,8+/m0/s1. The van der Waals surface area contributed by atoms with Crippen LogP contribution in [0, 0.1) is 0 Å². The van der Waals surface area contributed by atoms with E-state index in [1.165, 1.54) is 16.8 Å². The second-order valence-electron chi connectivity index (χ2n) is 3.25. The molecule has 0 saturated heterocycles. The lowest BCUT2D eigenvalue weighted by Crippen LogP contribution is -2.28. The summed E-state index contributed by atoms with van der Waals surface area (Å²) < 4.78 is 6.59. The summed E-state index contributed by atoms with van der Waals surface area (Å²) in [7, 11) is 0. The Morgan fingerprint density at radius 2 is 2.38 bits per heavy atom. The molecule has 0 aliphatic carbocycles. The Morgan fingerprint density at radius 3 is 2.94 bits per heavy atom. The number of nitrogens with one attached hydrogen (secondary N) is 1. The molecule has 86 valence electrons. The van der Waals surface area contributed by atoms with E-state index in [2.05, 4.69) is 4.98 Å². The topological polar surface area (TPSA) is 96.6 Å². The second kappa shape index (κ2) is 4.44. The lowest BCUT2D eigenvalue weighted by Gasteiger charge is -2.14. The van der Waals surface area contributed by atoms with E-state index in [9.17, 15) is 4.79 Å². The first kappa shape index (κ1) is 10.8. The molecule has 1 aromatic rings. The largest absolute Gasteiger partial charge is 0.393 e. The van der Waals surface area contributed by atoms with Crippen LogP contribution in [-0.4, -0.2) is 32.6 Å². The zero-order valence-corrected chi connectivity index (χ0v) is 8.28. The minimum absolute atomic E-state index is 0.0712. The predicted molar refractivity (Wildman–Crippen MR) is 54.0 cm³/mol. The van der Waals surface area contributed by atoms with Crippen LogP contribution in [0.4, 0.5) is 5.82 Å². The fraction of sp³-hybridized carbons (Fsp3) is 0.333. The molecule has 7 nitrogen and oxygen atoms in total. The van der Waals surface area contributed by atoms with Gasteiger partial charge in [-0.3, -0.25) is 15.3 Å². The van der Waals surface area contributed by atoms with Crippen molar-refractivity contribution >= 4 is 5.82 Å². The number of anilines is 1. The van der Waals surface area contributed by atoms with Crippen molar-refractivity contribution in [1.82, 2.24) is 9.55 Å². The van der Waals surface area contributed by atoms with Gasteiger partial charge in [-0.05, 0) is 12.1 Å². The highest BCUT2D eigenvalue weighted by molar-refractivity contribution is 5.28. The van der Waals surface area contributed by atoms with Gasteiger partial charge in [-0.25, -0.2) is 4.79 Å². The molecular formula is C9H11N3O4. The molecule has 0 bridgehead atoms. The lowest BCUT2D eigenvalue weighted by molar-refractivity contribution is -0.0102. The quantitative estimate of drug-likeness (QED) is 0.473. The molecule has 0 fully saturated rings. The van der Waals surface area contributed by atoms with Crippen molar-refractivity contribution in [3.63, 3.8) is 0 Å². The summed E-state index contributed by atoms with van der Waals surface area (Å²) in [6, 6.07) is 1.44. The Morgan fingerprint density at radius 1 is 1.56 bits per heavy atom. The summed E-state index contributed by atoms with van der Waals surface area (Å²) >= 11 is 0. The van der Waals surface area contributed by atoms with Crippen molar-refractivity contribution in [2.75, 3.05) is 12.1 Å². The van der Waals surface area contributed by atoms with Crippen molar-refractivity contribution in [3.8, 4) is 0 Å². The van der Waals surface area contributed by atoms with Crippen LogP contribution in [0.15, 0.2) is 29.2 Å². The van der Waals surface area contributed by atoms with Gasteiger partial charge in [0, 0.05) is 6.20 Å². The second-order valence-corrected chi connectivity index (χ2v) is 3.25. The van der Waals surface area contributed by atoms with E-state index >= 15 is 0 Å². The van der Waals surface area contributed by atoms with Crippen LogP contribution in [0.1, 0.15) is 6.23 Å². The van der Waals surface area contributed by atoms with Crippen molar-refractivity contribution in [2.45, 2.75) is 12.3 Å². The van der Waals surface area contributed by atoms with Crippen molar-refractivity contribution < 1.29 is 15.1 Å². The normalized spacial score (nSPS) is 23.6. The third-order valence-electron chi connectivity index (χ3n) is 2.20. The van der Waals surface area contributed by atoms with E-state index in [0.717, 1.165) is 0 Å². The van der Waals surface area contributed by atoms with Crippen molar-refractivity contribution in [2.24, 2.45) is 0 Å². The highest BCUT2D eigenvalue weighted by Gasteiger charge is 2.20. The maximum atomic E-state index is 11.5. The summed E-state index contributed by atoms with van der Waals surface area (Å²) in [5.74, 6) is 0.0712. The molecule has 2 atom stereocenters. The maximum Gasteiger partial charge on any atom is 0.351 e. The molecule has 0 unspecified atom stereocenters. The summed E-state index contributed by atoms with van der Waals surface area (Å²) in [6.45, 7) is -0.133. The Bertz CT molecular complexity index is 456. The average Bonchev–Trinajstić information content (AvgIpc) is 2.77. The van der Waals surface area contributed by atoms with Crippen LogP contribution in [0.3, 0.4) is 0 Å². The van der Waals surface area contributed by atoms with E-state index in [0.29, 0.717) is 0 Å². The number of aliphatic hydroxyl groups is 1. The number of aromatic nitrogens is 2. The van der Waals surface area contributed by atoms with Gasteiger partial charge in [0.1, 0.15) is 6.10 Å². The smallest absolute Gasteiger partial charge is 0.351 e. The first-order valence-electron chi connectivity index (χ1n) is 4.68. The lowest BCUT2D eigenvalue weighted by atomic mass is 10.4. The van der Waals surface area contributed by atoms with E-state index in [1.807, 2.05) is 0 Å². The average molecular weight is 225 g/mol. The number of rotatable bonds is 3. The van der Waals surface area contributed by atoms with Gasteiger partial charge in [0.2, 0.25) is 0 Å². The predicted octanol–water partition coefficient (Wildman–Crippen LogP) is -0.510. The van der Waals surface area contributed by atoms with Gasteiger partial charge in [0.25, 0.3) is 0 Å². The van der Waals surface area contributed by atoms with Gasteiger partial charge in [0.15, 0.2) is 12.0 Å². The minimum atomic E-state index is -0.565. The fourth-order valence-electron chi connectivity index (χ4n) is 1.42. The number of nitrogens with zero attached hydrogens (tertiary/aromatic N) is 2. The van der Waals surface area contributed by atoms with Crippen LogP contribution in [0.5, 0.6) is 0 Å². The minimum Gasteiger partial charge on any atom is -0.393 e. The van der Waals surface area contributed by atoms with Crippen LogP contribution in [-0.2, 0) is 4.74 Å². The van der Waals surface area contributed by atoms with Crippen molar-refractivity contribution in [1.29, 1.82) is 0 Å². The third kappa shape index (κ3) is 1.96. The van der Waals surface area contributed by atoms with Crippen LogP contribution >= 0.6 is 0 Å². The van der Waals surface area contributed by atoms with Gasteiger partial charge in [-0.2, -0.15) is 4.98 Å². The van der Waals surface area contributed by atoms with E-state index in [-0.39, 0.29) is 12.4 Å². The van der Waals surface area contributed by atoms with Gasteiger partial charge < -0.3 is 9.84 Å². The van der Waals surface area contributed by atoms with Crippen LogP contribution < -0.4 is 11.2 Å². The molecule has 3 N–H and O–H groups in total. The first-order chi connectivity index (χ1) is 7.74. The molecule has 2 rings (SSSR count). The summed E-state index contributed by atoms with van der Waals surface area (Å²) in [6.07, 6.45) is 3.82. The molecule has 16 heavy (non-hydrogen) atoms. The zero-order valence-electron chi connectivity index (χ0n) is 8.28. The van der Waals surface area contributed by atoms with E-state index in [4.69, 9.17) is 15.1 Å². The Labute approximate surface area is 90.6 Å². The summed E-state index contributed by atoms with van der Waals surface area (Å²) in [5.41, 5.74) is 1.23. The molecular weight excluding hydrogens is 214 g/mol. The first-order valence-corrected chi connectivity index (χ1v) is 4.68. The number of hydrogen-bond acceptors (Lipinski definition) is 6. The Kier molecular flexibility index (Phi) is 3.00. The maximum absolute atomic E-state index is 11.5. The molecule has 0 saturated carbocycles. The molecule has 0 amide bonds. The number of hydrogen-bond donors (Lipinski definition) is 3. The molecule has 7 heteroatoms. The summed E-state index contributed by atoms with van der Waals surface area (Å²) in [4.78, 5) is 15.1. The Balaban J connectivity index is 2.23. The van der Waals surface area contributed by atoms with Crippen LogP contribution in [0.2, 0.25) is 0 Å². The Hall–Kier alpha value is -1.70. The molecule has 0 radical (unpaired) electrons. The van der Waals surface area contributed by atoms with Gasteiger partial charge in [0.05, 0.1) is 6.61 Å². The fourth-order valence-corrected chi connectivity index (χ4v) is 1.42. The van der Waals surface area contributed by atoms with Crippen LogP contribution in [0.25, 0.3) is 0 Å². The molecule has 2 heterocycles. The number of ether oxygens (including phenoxy) is 1. The molecule has 0 spiro atoms. The van der Waals surface area contributed by atoms with E-state index in [1.54, 1.807) is 17.6 Å².